The van der Waals surface area contributed by atoms with Gasteiger partial charge in [-0.05, 0) is 68.3 Å². The minimum Gasteiger partial charge on any atom is -0.142 e. The first-order chi connectivity index (χ1) is 23.6. The van der Waals surface area contributed by atoms with Crippen molar-refractivity contribution in [2.24, 2.45) is 0 Å². The van der Waals surface area contributed by atoms with Crippen molar-refractivity contribution in [3.05, 3.63) is 57.3 Å². The van der Waals surface area contributed by atoms with Crippen molar-refractivity contribution in [2.75, 3.05) is 0 Å². The van der Waals surface area contributed by atoms with Crippen LogP contribution in [0.3, 0.4) is 0 Å². The van der Waals surface area contributed by atoms with E-state index in [2.05, 4.69) is 153 Å². The lowest BCUT2D eigenvalue weighted by atomic mass is 10.0. The fourth-order valence-electron chi connectivity index (χ4n) is 8.68. The molecule has 0 spiro atoms. The summed E-state index contributed by atoms with van der Waals surface area (Å²) in [4.78, 5) is 4.69. The summed E-state index contributed by atoms with van der Waals surface area (Å²) in [5.41, 5.74) is 15.6. The van der Waals surface area contributed by atoms with Crippen LogP contribution in [0.2, 0.25) is 33.2 Å². The molecule has 0 N–H and O–H groups in total. The molecule has 258 valence electrons. The highest BCUT2D eigenvalue weighted by molar-refractivity contribution is 7.27. The van der Waals surface area contributed by atoms with E-state index in [1.807, 2.05) is 22.7 Å². The molecule has 0 fully saturated rings. The van der Waals surface area contributed by atoms with Crippen molar-refractivity contribution in [1.29, 1.82) is 0 Å². The molecule has 5 aromatic rings. The molecule has 50 heavy (non-hydrogen) atoms. The van der Waals surface area contributed by atoms with E-state index in [1.165, 1.54) is 29.9 Å². The second-order valence-electron chi connectivity index (χ2n) is 15.4. The normalized spacial score (nSPS) is 12.3. The van der Waals surface area contributed by atoms with Crippen LogP contribution in [0, 0.1) is 47.6 Å². The first kappa shape index (κ1) is 38.4. The lowest BCUT2D eigenvalue weighted by Gasteiger charge is -2.38. The standard InChI is InChI=1S/C44H50S4Si2/c1-15-33-17-21-45-41(33)39-25-37-35(19-23-49(27(3)4,28(5)6)29(7)8)44-38(26-40(48-44)42-34(16-2)18-22-46-42)36(43(37)47-39)20-24-50(30(9)10,31(11)12)32(13)14/h1-2,17-18,21-22,25-32H,3-14H3. The number of thiophene rings is 4. The quantitative estimate of drug-likeness (QED) is 0.109. The molecule has 6 heteroatoms. The third-order valence-corrected chi connectivity index (χ3v) is 28.2. The van der Waals surface area contributed by atoms with Crippen LogP contribution >= 0.6 is 45.3 Å². The fourth-order valence-corrected chi connectivity index (χ4v) is 23.4. The number of hydrogen-bond donors (Lipinski definition) is 0. The molecule has 0 saturated heterocycles. The van der Waals surface area contributed by atoms with Crippen molar-refractivity contribution >= 4 is 81.7 Å². The van der Waals surface area contributed by atoms with Crippen LogP contribution in [0.15, 0.2) is 35.0 Å². The SMILES string of the molecule is C#Cc1ccsc1-c1cc2c(C#C[Si](C(C)C)(C(C)C)C(C)C)c3sc(-c4sccc4C#C)cc3c(C#C[Si](C(C)C)(C(C)C)C(C)C)c2s1. The zero-order valence-electron chi connectivity index (χ0n) is 31.7. The zero-order chi connectivity index (χ0) is 36.7. The van der Waals surface area contributed by atoms with Crippen LogP contribution in [-0.4, -0.2) is 16.1 Å². The molecule has 0 radical (unpaired) electrons. The number of rotatable bonds is 8. The Hall–Kier alpha value is -2.79. The lowest BCUT2D eigenvalue weighted by Crippen LogP contribution is -2.43. The van der Waals surface area contributed by atoms with E-state index < -0.39 is 16.1 Å². The van der Waals surface area contributed by atoms with Crippen molar-refractivity contribution in [1.82, 2.24) is 0 Å². The molecule has 0 amide bonds. The highest BCUT2D eigenvalue weighted by Gasteiger charge is 2.43. The van der Waals surface area contributed by atoms with Crippen molar-refractivity contribution in [3.63, 3.8) is 0 Å². The number of benzene rings is 1. The second kappa shape index (κ2) is 15.1. The smallest absolute Gasteiger partial charge is 0.142 e. The van der Waals surface area contributed by atoms with E-state index in [4.69, 9.17) is 12.8 Å². The Balaban J connectivity index is 1.99. The predicted molar refractivity (Wildman–Crippen MR) is 236 cm³/mol. The molecule has 1 aromatic carbocycles. The first-order valence-electron chi connectivity index (χ1n) is 17.8. The Bertz CT molecular complexity index is 1980. The maximum Gasteiger partial charge on any atom is 0.146 e. The Kier molecular flexibility index (Phi) is 11.6. The molecule has 4 aromatic heterocycles. The van der Waals surface area contributed by atoms with Gasteiger partial charge in [0.2, 0.25) is 0 Å². The average molecular weight is 763 g/mol. The predicted octanol–water partition coefficient (Wildman–Crippen LogP) is 14.7. The summed E-state index contributed by atoms with van der Waals surface area (Å²) in [5.74, 6) is 13.8. The molecule has 0 bridgehead atoms. The number of fused-ring (bicyclic) bond motifs is 2. The molecule has 0 unspecified atom stereocenters. The summed E-state index contributed by atoms with van der Waals surface area (Å²) in [7, 11) is -4.05. The molecule has 0 aliphatic carbocycles. The van der Waals surface area contributed by atoms with Gasteiger partial charge in [0, 0.05) is 31.7 Å². The van der Waals surface area contributed by atoms with Crippen LogP contribution in [0.4, 0.5) is 0 Å². The molecule has 5 rings (SSSR count). The summed E-state index contributed by atoms with van der Waals surface area (Å²) in [6, 6.07) is 8.84. The third-order valence-electron chi connectivity index (χ3n) is 11.1. The fraction of sp³-hybridized carbons (Fsp3) is 0.409. The minimum absolute atomic E-state index is 0.540. The van der Waals surface area contributed by atoms with Gasteiger partial charge in [-0.3, -0.25) is 0 Å². The summed E-state index contributed by atoms with van der Waals surface area (Å²) in [6.45, 7) is 28.7. The van der Waals surface area contributed by atoms with E-state index >= 15 is 0 Å². The van der Waals surface area contributed by atoms with Gasteiger partial charge < -0.3 is 0 Å². The maximum absolute atomic E-state index is 6.01. The van der Waals surface area contributed by atoms with E-state index in [1.54, 1.807) is 22.7 Å². The van der Waals surface area contributed by atoms with Gasteiger partial charge >= 0.3 is 0 Å². The lowest BCUT2D eigenvalue weighted by molar-refractivity contribution is 0.838. The van der Waals surface area contributed by atoms with E-state index in [0.717, 1.165) is 32.0 Å². The van der Waals surface area contributed by atoms with Crippen LogP contribution in [0.1, 0.15) is 105 Å². The number of terminal acetylenes is 2. The summed E-state index contributed by atoms with van der Waals surface area (Å²) >= 11 is 7.10. The van der Waals surface area contributed by atoms with E-state index in [0.29, 0.717) is 33.2 Å². The van der Waals surface area contributed by atoms with Gasteiger partial charge in [-0.2, -0.15) is 0 Å². The van der Waals surface area contributed by atoms with Gasteiger partial charge in [0.05, 0.1) is 30.3 Å². The van der Waals surface area contributed by atoms with Crippen molar-refractivity contribution in [2.45, 2.75) is 116 Å². The minimum atomic E-state index is -2.02. The van der Waals surface area contributed by atoms with Gasteiger partial charge in [-0.15, -0.1) is 69.3 Å². The first-order valence-corrected chi connectivity index (χ1v) is 25.7. The zero-order valence-corrected chi connectivity index (χ0v) is 37.0. The van der Waals surface area contributed by atoms with Gasteiger partial charge in [-0.1, -0.05) is 107 Å². The molecule has 0 aliphatic heterocycles. The Labute approximate surface area is 320 Å². The average Bonchev–Trinajstić information content (AvgIpc) is 3.85. The summed E-state index contributed by atoms with van der Waals surface area (Å²) < 4.78 is 2.44. The van der Waals surface area contributed by atoms with Gasteiger partial charge in [0.1, 0.15) is 16.1 Å². The molecule has 0 saturated carbocycles. The van der Waals surface area contributed by atoms with Crippen molar-refractivity contribution < 1.29 is 0 Å². The second-order valence-corrected chi connectivity index (χ2v) is 30.5. The largest absolute Gasteiger partial charge is 0.146 e. The van der Waals surface area contributed by atoms with E-state index in [9.17, 15) is 0 Å². The Morgan fingerprint density at radius 2 is 0.840 bits per heavy atom. The third kappa shape index (κ3) is 6.43. The summed E-state index contributed by atoms with van der Waals surface area (Å²) in [5, 5.41) is 6.61. The van der Waals surface area contributed by atoms with Gasteiger partial charge in [0.25, 0.3) is 0 Å². The molecule has 0 aliphatic rings. The maximum atomic E-state index is 6.01. The van der Waals surface area contributed by atoms with Gasteiger partial charge in [-0.25, -0.2) is 0 Å². The van der Waals surface area contributed by atoms with E-state index in [-0.39, 0.29) is 0 Å². The van der Waals surface area contributed by atoms with Crippen LogP contribution in [-0.2, 0) is 0 Å². The Morgan fingerprint density at radius 1 is 0.520 bits per heavy atom. The van der Waals surface area contributed by atoms with Crippen LogP contribution < -0.4 is 0 Å². The molecular weight excluding hydrogens is 713 g/mol. The molecule has 0 atom stereocenters. The number of hydrogen-bond acceptors (Lipinski definition) is 4. The highest BCUT2D eigenvalue weighted by Crippen LogP contribution is 2.49. The summed E-state index contributed by atoms with van der Waals surface area (Å²) in [6.07, 6.45) is 12.0. The highest BCUT2D eigenvalue weighted by atomic mass is 32.1. The van der Waals surface area contributed by atoms with Gasteiger partial charge in [0.15, 0.2) is 0 Å². The molecular formula is C44H50S4Si2. The van der Waals surface area contributed by atoms with Crippen LogP contribution in [0.25, 0.3) is 39.7 Å². The Morgan fingerprint density at radius 3 is 1.12 bits per heavy atom. The van der Waals surface area contributed by atoms with Crippen molar-refractivity contribution in [3.8, 4) is 67.1 Å². The molecule has 4 heterocycles. The van der Waals surface area contributed by atoms with Crippen LogP contribution in [0.5, 0.6) is 0 Å². The topological polar surface area (TPSA) is 0 Å². The molecule has 0 nitrogen and oxygen atoms in total. The monoisotopic (exact) mass is 762 g/mol.